The third kappa shape index (κ3) is 4.53. The fourth-order valence-electron chi connectivity index (χ4n) is 2.31. The largest absolute Gasteiger partial charge is 0.481 e. The molecule has 0 saturated carbocycles. The van der Waals surface area contributed by atoms with Gasteiger partial charge in [0.1, 0.15) is 4.90 Å². The van der Waals surface area contributed by atoms with Crippen LogP contribution in [0.2, 0.25) is 5.02 Å². The van der Waals surface area contributed by atoms with Crippen molar-refractivity contribution in [2.45, 2.75) is 31.6 Å². The fourth-order valence-corrected chi connectivity index (χ4v) is 3.78. The molecule has 0 spiro atoms. The quantitative estimate of drug-likeness (QED) is 0.607. The molecular formula is C16H23ClN2O6S. The van der Waals surface area contributed by atoms with Crippen LogP contribution in [0.15, 0.2) is 23.1 Å². The standard InChI is InChI=1S/C16H23ClN2O6S/c1-5-16(6-2,15(21)22)10-18-14(20)11-7-8-12(17)13(9-11)26(23,24)19(3)25-4/h7-9H,5-6,10H2,1-4H3,(H,18,20)(H,21,22). The summed E-state index contributed by atoms with van der Waals surface area (Å²) in [5.74, 6) is -1.59. The predicted molar refractivity (Wildman–Crippen MR) is 96.4 cm³/mol. The first-order valence-corrected chi connectivity index (χ1v) is 9.71. The molecular weight excluding hydrogens is 384 g/mol. The first-order chi connectivity index (χ1) is 12.1. The predicted octanol–water partition coefficient (Wildman–Crippen LogP) is 2.14. The van der Waals surface area contributed by atoms with E-state index >= 15 is 0 Å². The molecule has 0 aliphatic carbocycles. The van der Waals surface area contributed by atoms with Gasteiger partial charge in [0, 0.05) is 19.2 Å². The fraction of sp³-hybridized carbons (Fsp3) is 0.500. The number of amides is 1. The van der Waals surface area contributed by atoms with Gasteiger partial charge in [-0.1, -0.05) is 29.9 Å². The van der Waals surface area contributed by atoms with E-state index in [0.29, 0.717) is 17.3 Å². The first-order valence-electron chi connectivity index (χ1n) is 7.90. The molecule has 0 saturated heterocycles. The number of rotatable bonds is 9. The van der Waals surface area contributed by atoms with Gasteiger partial charge in [0.05, 0.1) is 17.5 Å². The molecule has 0 bridgehead atoms. The number of sulfonamides is 1. The molecule has 0 aliphatic heterocycles. The van der Waals surface area contributed by atoms with E-state index in [0.717, 1.165) is 6.07 Å². The lowest BCUT2D eigenvalue weighted by atomic mass is 9.82. The van der Waals surface area contributed by atoms with Crippen LogP contribution in [-0.4, -0.2) is 50.6 Å². The Morgan fingerprint density at radius 2 is 1.88 bits per heavy atom. The minimum atomic E-state index is -4.04. The van der Waals surface area contributed by atoms with Crippen LogP contribution in [-0.2, 0) is 19.7 Å². The van der Waals surface area contributed by atoms with Gasteiger partial charge in [-0.15, -0.1) is 0 Å². The number of nitrogens with zero attached hydrogens (tertiary/aromatic N) is 1. The highest BCUT2D eigenvalue weighted by Crippen LogP contribution is 2.27. The molecule has 1 aromatic rings. The van der Waals surface area contributed by atoms with Crippen LogP contribution < -0.4 is 5.32 Å². The highest BCUT2D eigenvalue weighted by molar-refractivity contribution is 7.89. The van der Waals surface area contributed by atoms with Crippen molar-refractivity contribution in [1.82, 2.24) is 9.79 Å². The van der Waals surface area contributed by atoms with Crippen molar-refractivity contribution < 1.29 is 28.0 Å². The van der Waals surface area contributed by atoms with E-state index in [1.54, 1.807) is 13.8 Å². The van der Waals surface area contributed by atoms with Crippen LogP contribution in [0, 0.1) is 5.41 Å². The van der Waals surface area contributed by atoms with Gasteiger partial charge in [0.15, 0.2) is 0 Å². The summed E-state index contributed by atoms with van der Waals surface area (Å²) in [6.45, 7) is 3.39. The van der Waals surface area contributed by atoms with Crippen molar-refractivity contribution in [1.29, 1.82) is 0 Å². The molecule has 8 nitrogen and oxygen atoms in total. The van der Waals surface area contributed by atoms with Crippen LogP contribution in [0.3, 0.4) is 0 Å². The Morgan fingerprint density at radius 3 is 2.35 bits per heavy atom. The highest BCUT2D eigenvalue weighted by atomic mass is 35.5. The number of aliphatic carboxylic acids is 1. The van der Waals surface area contributed by atoms with Crippen LogP contribution in [0.25, 0.3) is 0 Å². The van der Waals surface area contributed by atoms with E-state index in [-0.39, 0.29) is 22.0 Å². The Hall–Kier alpha value is -1.68. The van der Waals surface area contributed by atoms with Gasteiger partial charge in [0.2, 0.25) is 0 Å². The van der Waals surface area contributed by atoms with Crippen LogP contribution in [0.1, 0.15) is 37.0 Å². The van der Waals surface area contributed by atoms with Gasteiger partial charge in [0.25, 0.3) is 15.9 Å². The monoisotopic (exact) mass is 406 g/mol. The van der Waals surface area contributed by atoms with Gasteiger partial charge in [-0.05, 0) is 31.0 Å². The molecule has 26 heavy (non-hydrogen) atoms. The maximum absolute atomic E-state index is 12.4. The maximum Gasteiger partial charge on any atom is 0.311 e. The first kappa shape index (κ1) is 22.4. The summed E-state index contributed by atoms with van der Waals surface area (Å²) < 4.78 is 25.4. The zero-order chi connectivity index (χ0) is 20.1. The van der Waals surface area contributed by atoms with Crippen LogP contribution >= 0.6 is 11.6 Å². The summed E-state index contributed by atoms with van der Waals surface area (Å²) in [6, 6.07) is 3.78. The lowest BCUT2D eigenvalue weighted by Gasteiger charge is -2.26. The smallest absolute Gasteiger partial charge is 0.311 e. The number of carboxylic acids is 1. The van der Waals surface area contributed by atoms with Crippen LogP contribution in [0.5, 0.6) is 0 Å². The Bertz CT molecular complexity index is 777. The Labute approximate surface area is 158 Å². The number of benzene rings is 1. The van der Waals surface area contributed by atoms with E-state index < -0.39 is 27.3 Å². The summed E-state index contributed by atoms with van der Waals surface area (Å²) in [7, 11) is -1.66. The van der Waals surface area contributed by atoms with Gasteiger partial charge < -0.3 is 10.4 Å². The molecule has 0 aliphatic rings. The zero-order valence-corrected chi connectivity index (χ0v) is 16.6. The van der Waals surface area contributed by atoms with Crippen molar-refractivity contribution in [3.8, 4) is 0 Å². The second-order valence-electron chi connectivity index (χ2n) is 5.72. The maximum atomic E-state index is 12.4. The van der Waals surface area contributed by atoms with E-state index in [1.807, 2.05) is 0 Å². The molecule has 1 aromatic carbocycles. The third-order valence-corrected chi connectivity index (χ3v) is 6.62. The number of hydrogen-bond donors (Lipinski definition) is 2. The number of hydroxylamine groups is 1. The number of hydrogen-bond acceptors (Lipinski definition) is 5. The Kier molecular flexibility index (Phi) is 7.57. The molecule has 0 radical (unpaired) electrons. The van der Waals surface area contributed by atoms with E-state index in [4.69, 9.17) is 16.4 Å². The van der Waals surface area contributed by atoms with Crippen LogP contribution in [0.4, 0.5) is 0 Å². The molecule has 1 amide bonds. The molecule has 2 N–H and O–H groups in total. The number of nitrogens with one attached hydrogen (secondary N) is 1. The van der Waals surface area contributed by atoms with Gasteiger partial charge >= 0.3 is 5.97 Å². The summed E-state index contributed by atoms with van der Waals surface area (Å²) in [6.07, 6.45) is 0.690. The van der Waals surface area contributed by atoms with Crippen molar-refractivity contribution in [3.63, 3.8) is 0 Å². The van der Waals surface area contributed by atoms with Crippen molar-refractivity contribution in [2.75, 3.05) is 20.7 Å². The SMILES string of the molecule is CCC(CC)(CNC(=O)c1ccc(Cl)c(S(=O)(=O)N(C)OC)c1)C(=O)O. The molecule has 0 fully saturated rings. The molecule has 0 aromatic heterocycles. The average Bonchev–Trinajstić information content (AvgIpc) is 2.61. The topological polar surface area (TPSA) is 113 Å². The summed E-state index contributed by atoms with van der Waals surface area (Å²) in [5.41, 5.74) is -1.03. The van der Waals surface area contributed by atoms with Gasteiger partial charge in [-0.3, -0.25) is 14.4 Å². The highest BCUT2D eigenvalue weighted by Gasteiger charge is 2.35. The minimum Gasteiger partial charge on any atom is -0.481 e. The lowest BCUT2D eigenvalue weighted by Crippen LogP contribution is -2.42. The molecule has 146 valence electrons. The minimum absolute atomic E-state index is 0.0453. The number of carbonyl (C=O) groups excluding carboxylic acids is 1. The van der Waals surface area contributed by atoms with Gasteiger partial charge in [-0.2, -0.15) is 0 Å². The molecule has 1 rings (SSSR count). The number of carboxylic acid groups (broad SMARTS) is 1. The second kappa shape index (κ2) is 8.81. The van der Waals surface area contributed by atoms with E-state index in [2.05, 4.69) is 5.32 Å². The Morgan fingerprint density at radius 1 is 1.31 bits per heavy atom. The second-order valence-corrected chi connectivity index (χ2v) is 8.03. The van der Waals surface area contributed by atoms with E-state index in [9.17, 15) is 23.1 Å². The normalized spacial score (nSPS) is 12.2. The third-order valence-electron chi connectivity index (χ3n) is 4.46. The summed E-state index contributed by atoms with van der Waals surface area (Å²) in [5, 5.41) is 11.9. The van der Waals surface area contributed by atoms with E-state index in [1.165, 1.54) is 26.3 Å². The lowest BCUT2D eigenvalue weighted by molar-refractivity contribution is -0.149. The molecule has 0 unspecified atom stereocenters. The summed E-state index contributed by atoms with van der Waals surface area (Å²) in [4.78, 5) is 28.3. The van der Waals surface area contributed by atoms with Gasteiger partial charge in [-0.25, -0.2) is 8.42 Å². The molecule has 10 heteroatoms. The van der Waals surface area contributed by atoms with Crippen molar-refractivity contribution >= 4 is 33.5 Å². The van der Waals surface area contributed by atoms with Crippen molar-refractivity contribution in [3.05, 3.63) is 28.8 Å². The van der Waals surface area contributed by atoms with Crippen molar-refractivity contribution in [2.24, 2.45) is 5.41 Å². The summed E-state index contributed by atoms with van der Waals surface area (Å²) >= 11 is 5.95. The Balaban J connectivity index is 3.13. The number of carbonyl (C=O) groups is 2. The molecule has 0 atom stereocenters. The molecule has 0 heterocycles. The number of halogens is 1. The average molecular weight is 407 g/mol. The zero-order valence-electron chi connectivity index (χ0n) is 15.1.